The molecule has 0 aromatic heterocycles. The lowest BCUT2D eigenvalue weighted by atomic mass is 9.98. The van der Waals surface area contributed by atoms with Crippen molar-refractivity contribution in [3.63, 3.8) is 0 Å². The molecule has 27 heavy (non-hydrogen) atoms. The largest absolute Gasteiger partial charge is 0.494 e. The quantitative estimate of drug-likeness (QED) is 0.571. The average Bonchev–Trinajstić information content (AvgIpc) is 2.72. The van der Waals surface area contributed by atoms with Gasteiger partial charge in [-0.15, -0.1) is 0 Å². The molecule has 138 valence electrons. The number of nitrogens with one attached hydrogen (secondary N) is 1. The maximum atomic E-state index is 12.5. The van der Waals surface area contributed by atoms with Gasteiger partial charge in [0.05, 0.1) is 12.6 Å². The van der Waals surface area contributed by atoms with Gasteiger partial charge < -0.3 is 10.1 Å². The molecule has 0 atom stereocenters. The van der Waals surface area contributed by atoms with Crippen LogP contribution in [0.25, 0.3) is 0 Å². The average molecular weight is 359 g/mol. The first-order chi connectivity index (χ1) is 13.2. The van der Waals surface area contributed by atoms with E-state index in [9.17, 15) is 4.79 Å². The van der Waals surface area contributed by atoms with Crippen LogP contribution in [0.2, 0.25) is 0 Å². The maximum Gasteiger partial charge on any atom is 0.220 e. The molecular weight excluding hydrogens is 334 g/mol. The normalized spacial score (nSPS) is 10.6. The Morgan fingerprint density at radius 1 is 0.852 bits per heavy atom. The SMILES string of the molecule is Cc1ccc(OCCCC(=O)NC(c2ccccc2)c2ccccc2)cc1. The molecule has 3 aromatic rings. The second kappa shape index (κ2) is 9.58. The number of hydrogen-bond acceptors (Lipinski definition) is 2. The first-order valence-corrected chi connectivity index (χ1v) is 9.31. The second-order valence-electron chi connectivity index (χ2n) is 6.59. The van der Waals surface area contributed by atoms with E-state index in [0.29, 0.717) is 19.4 Å². The molecule has 0 radical (unpaired) electrons. The van der Waals surface area contributed by atoms with E-state index in [0.717, 1.165) is 16.9 Å². The van der Waals surface area contributed by atoms with E-state index in [1.165, 1.54) is 5.56 Å². The van der Waals surface area contributed by atoms with Crippen molar-refractivity contribution in [3.05, 3.63) is 102 Å². The molecule has 0 bridgehead atoms. The van der Waals surface area contributed by atoms with Gasteiger partial charge in [0.1, 0.15) is 5.75 Å². The molecule has 0 aliphatic carbocycles. The monoisotopic (exact) mass is 359 g/mol. The Labute approximate surface area is 161 Å². The van der Waals surface area contributed by atoms with Crippen LogP contribution in [0, 0.1) is 6.92 Å². The van der Waals surface area contributed by atoms with Crippen molar-refractivity contribution in [1.29, 1.82) is 0 Å². The molecule has 0 aliphatic heterocycles. The maximum absolute atomic E-state index is 12.5. The van der Waals surface area contributed by atoms with E-state index in [2.05, 4.69) is 5.32 Å². The highest BCUT2D eigenvalue weighted by molar-refractivity contribution is 5.77. The Hall–Kier alpha value is -3.07. The van der Waals surface area contributed by atoms with Gasteiger partial charge >= 0.3 is 0 Å². The fraction of sp³-hybridized carbons (Fsp3) is 0.208. The summed E-state index contributed by atoms with van der Waals surface area (Å²) < 4.78 is 5.71. The molecular formula is C24H25NO2. The van der Waals surface area contributed by atoms with Crippen LogP contribution in [-0.2, 0) is 4.79 Å². The highest BCUT2D eigenvalue weighted by Crippen LogP contribution is 2.22. The number of carbonyl (C=O) groups is 1. The molecule has 3 heteroatoms. The molecule has 0 aliphatic rings. The Morgan fingerprint density at radius 3 is 1.96 bits per heavy atom. The summed E-state index contributed by atoms with van der Waals surface area (Å²) in [5, 5.41) is 3.16. The molecule has 1 N–H and O–H groups in total. The molecule has 3 aromatic carbocycles. The lowest BCUT2D eigenvalue weighted by Gasteiger charge is -2.20. The number of benzene rings is 3. The van der Waals surface area contributed by atoms with Crippen LogP contribution in [0.15, 0.2) is 84.9 Å². The number of rotatable bonds is 8. The fourth-order valence-electron chi connectivity index (χ4n) is 2.94. The summed E-state index contributed by atoms with van der Waals surface area (Å²) in [6, 6.07) is 27.9. The second-order valence-corrected chi connectivity index (χ2v) is 6.59. The van der Waals surface area contributed by atoms with Crippen molar-refractivity contribution in [1.82, 2.24) is 5.32 Å². The van der Waals surface area contributed by atoms with Crippen LogP contribution in [0.3, 0.4) is 0 Å². The van der Waals surface area contributed by atoms with Gasteiger partial charge in [0.25, 0.3) is 0 Å². The Bertz CT molecular complexity index is 790. The van der Waals surface area contributed by atoms with E-state index in [4.69, 9.17) is 4.74 Å². The number of hydrogen-bond donors (Lipinski definition) is 1. The van der Waals surface area contributed by atoms with Crippen molar-refractivity contribution < 1.29 is 9.53 Å². The Kier molecular flexibility index (Phi) is 6.64. The lowest BCUT2D eigenvalue weighted by Crippen LogP contribution is -2.29. The molecule has 0 unspecified atom stereocenters. The van der Waals surface area contributed by atoms with Crippen LogP contribution in [0.5, 0.6) is 5.75 Å². The summed E-state index contributed by atoms with van der Waals surface area (Å²) in [6.45, 7) is 2.57. The third kappa shape index (κ3) is 5.71. The van der Waals surface area contributed by atoms with Gasteiger partial charge in [0, 0.05) is 6.42 Å². The van der Waals surface area contributed by atoms with Crippen molar-refractivity contribution in [2.75, 3.05) is 6.61 Å². The third-order valence-corrected chi connectivity index (χ3v) is 4.41. The van der Waals surface area contributed by atoms with Crippen molar-refractivity contribution in [2.24, 2.45) is 0 Å². The molecule has 0 saturated carbocycles. The Balaban J connectivity index is 1.54. The summed E-state index contributed by atoms with van der Waals surface area (Å²) >= 11 is 0. The van der Waals surface area contributed by atoms with Crippen LogP contribution in [0.4, 0.5) is 0 Å². The van der Waals surface area contributed by atoms with E-state index < -0.39 is 0 Å². The zero-order valence-electron chi connectivity index (χ0n) is 15.6. The van der Waals surface area contributed by atoms with Crippen molar-refractivity contribution in [2.45, 2.75) is 25.8 Å². The minimum atomic E-state index is -0.141. The number of ether oxygens (including phenoxy) is 1. The molecule has 0 heterocycles. The third-order valence-electron chi connectivity index (χ3n) is 4.41. The summed E-state index contributed by atoms with van der Waals surface area (Å²) in [5.74, 6) is 0.868. The van der Waals surface area contributed by atoms with Gasteiger partial charge in [0.15, 0.2) is 0 Å². The molecule has 0 saturated heterocycles. The smallest absolute Gasteiger partial charge is 0.220 e. The summed E-state index contributed by atoms with van der Waals surface area (Å²) in [5.41, 5.74) is 3.36. The van der Waals surface area contributed by atoms with Gasteiger partial charge in [-0.1, -0.05) is 78.4 Å². The lowest BCUT2D eigenvalue weighted by molar-refractivity contribution is -0.121. The van der Waals surface area contributed by atoms with Crippen molar-refractivity contribution in [3.8, 4) is 5.75 Å². The van der Waals surface area contributed by atoms with Crippen LogP contribution in [-0.4, -0.2) is 12.5 Å². The summed E-state index contributed by atoms with van der Waals surface area (Å²) in [4.78, 5) is 12.5. The predicted molar refractivity (Wildman–Crippen MR) is 109 cm³/mol. The zero-order valence-corrected chi connectivity index (χ0v) is 15.6. The Morgan fingerprint density at radius 2 is 1.41 bits per heavy atom. The standard InChI is InChI=1S/C24H25NO2/c1-19-14-16-22(17-15-19)27-18-8-13-23(26)25-24(20-9-4-2-5-10-20)21-11-6-3-7-12-21/h2-7,9-12,14-17,24H,8,13,18H2,1H3,(H,25,26). The molecule has 0 spiro atoms. The van der Waals surface area contributed by atoms with Crippen LogP contribution >= 0.6 is 0 Å². The first-order valence-electron chi connectivity index (χ1n) is 9.31. The predicted octanol–water partition coefficient (Wildman–Crippen LogP) is 5.06. The fourth-order valence-corrected chi connectivity index (χ4v) is 2.94. The van der Waals surface area contributed by atoms with Gasteiger partial charge in [-0.2, -0.15) is 0 Å². The summed E-state index contributed by atoms with van der Waals surface area (Å²) in [6.07, 6.45) is 1.11. The van der Waals surface area contributed by atoms with Crippen LogP contribution < -0.4 is 10.1 Å². The number of aryl methyl sites for hydroxylation is 1. The minimum absolute atomic E-state index is 0.0280. The van der Waals surface area contributed by atoms with Gasteiger partial charge in [-0.25, -0.2) is 0 Å². The topological polar surface area (TPSA) is 38.3 Å². The zero-order chi connectivity index (χ0) is 18.9. The van der Waals surface area contributed by atoms with E-state index >= 15 is 0 Å². The van der Waals surface area contributed by atoms with Gasteiger partial charge in [0.2, 0.25) is 5.91 Å². The molecule has 1 amide bonds. The van der Waals surface area contributed by atoms with Crippen molar-refractivity contribution >= 4 is 5.91 Å². The number of amides is 1. The van der Waals surface area contributed by atoms with E-state index in [1.54, 1.807) is 0 Å². The minimum Gasteiger partial charge on any atom is -0.494 e. The van der Waals surface area contributed by atoms with Gasteiger partial charge in [-0.3, -0.25) is 4.79 Å². The summed E-state index contributed by atoms with van der Waals surface area (Å²) in [7, 11) is 0. The van der Waals surface area contributed by atoms with Gasteiger partial charge in [-0.05, 0) is 36.6 Å². The van der Waals surface area contributed by atoms with E-state index in [1.807, 2.05) is 91.9 Å². The molecule has 3 rings (SSSR count). The highest BCUT2D eigenvalue weighted by Gasteiger charge is 2.16. The number of carbonyl (C=O) groups excluding carboxylic acids is 1. The first kappa shape index (κ1) is 18.7. The highest BCUT2D eigenvalue weighted by atomic mass is 16.5. The van der Waals surface area contributed by atoms with Crippen LogP contribution in [0.1, 0.15) is 35.6 Å². The molecule has 3 nitrogen and oxygen atoms in total. The van der Waals surface area contributed by atoms with E-state index in [-0.39, 0.29) is 11.9 Å². The molecule has 0 fully saturated rings.